The molecule has 0 bridgehead atoms. The number of rotatable bonds is 7. The average Bonchev–Trinajstić information content (AvgIpc) is 3.29. The van der Waals surface area contributed by atoms with Gasteiger partial charge in [0.15, 0.2) is 5.56 Å². The maximum absolute atomic E-state index is 14.2. The molecule has 0 unspecified atom stereocenters. The van der Waals surface area contributed by atoms with Crippen molar-refractivity contribution in [3.05, 3.63) is 57.7 Å². The van der Waals surface area contributed by atoms with Gasteiger partial charge in [-0.05, 0) is 56.6 Å². The second kappa shape index (κ2) is 12.3. The van der Waals surface area contributed by atoms with Gasteiger partial charge in [0.05, 0.1) is 24.6 Å². The van der Waals surface area contributed by atoms with Crippen LogP contribution >= 0.6 is 27.5 Å². The largest absolute Gasteiger partial charge is 0.471 e. The lowest BCUT2D eigenvalue weighted by atomic mass is 10.2. The summed E-state index contributed by atoms with van der Waals surface area (Å²) in [6, 6.07) is 5.85. The van der Waals surface area contributed by atoms with E-state index in [-0.39, 0.29) is 27.6 Å². The highest BCUT2D eigenvalue weighted by atomic mass is 79.9. The van der Waals surface area contributed by atoms with E-state index in [4.69, 9.17) is 14.2 Å². The predicted octanol–water partition coefficient (Wildman–Crippen LogP) is 5.75. The summed E-state index contributed by atoms with van der Waals surface area (Å²) in [5.41, 5.74) is 0.00410. The summed E-state index contributed by atoms with van der Waals surface area (Å²) < 4.78 is 48.6. The smallest absolute Gasteiger partial charge is 0.410 e. The zero-order chi connectivity index (χ0) is 29.0. The molecule has 4 rings (SSSR count). The maximum Gasteiger partial charge on any atom is 0.410 e. The highest BCUT2D eigenvalue weighted by Gasteiger charge is 2.27. The van der Waals surface area contributed by atoms with Crippen molar-refractivity contribution >= 4 is 56.0 Å². The molecule has 14 heteroatoms. The van der Waals surface area contributed by atoms with Crippen LogP contribution in [-0.2, 0) is 16.1 Å². The van der Waals surface area contributed by atoms with Gasteiger partial charge in [-0.2, -0.15) is 4.37 Å². The van der Waals surface area contributed by atoms with Crippen LogP contribution in [0.3, 0.4) is 0 Å². The number of ether oxygens (including phenoxy) is 3. The molecule has 1 fully saturated rings. The number of aromatic nitrogens is 2. The van der Waals surface area contributed by atoms with E-state index in [1.807, 2.05) is 26.8 Å². The Morgan fingerprint density at radius 2 is 1.80 bits per heavy atom. The van der Waals surface area contributed by atoms with Crippen molar-refractivity contribution in [1.82, 2.24) is 14.3 Å². The summed E-state index contributed by atoms with van der Waals surface area (Å²) in [4.78, 5) is 33.1. The molecule has 3 heterocycles. The zero-order valence-corrected chi connectivity index (χ0v) is 24.7. The number of anilines is 3. The third-order valence-corrected chi connectivity index (χ3v) is 7.00. The Morgan fingerprint density at radius 3 is 2.38 bits per heavy atom. The first-order valence-corrected chi connectivity index (χ1v) is 13.8. The normalized spacial score (nSPS) is 13.7. The van der Waals surface area contributed by atoms with Crippen molar-refractivity contribution in [2.45, 2.75) is 33.0 Å². The first-order valence-electron chi connectivity index (χ1n) is 12.3. The van der Waals surface area contributed by atoms with E-state index in [0.717, 1.165) is 29.4 Å². The number of esters is 1. The van der Waals surface area contributed by atoms with Crippen molar-refractivity contribution in [3.63, 3.8) is 0 Å². The maximum atomic E-state index is 14.2. The minimum atomic E-state index is -0.796. The first-order chi connectivity index (χ1) is 18.9. The number of methoxy groups -OCH3 is 1. The van der Waals surface area contributed by atoms with Crippen LogP contribution in [0.5, 0.6) is 5.88 Å². The number of nitrogens with zero attached hydrogens (tertiary/aromatic N) is 4. The number of carbonyl (C=O) groups is 2. The summed E-state index contributed by atoms with van der Waals surface area (Å²) >= 11 is 3.95. The van der Waals surface area contributed by atoms with Gasteiger partial charge in [-0.15, -0.1) is 0 Å². The summed E-state index contributed by atoms with van der Waals surface area (Å²) in [7, 11) is 1.21. The molecule has 0 aliphatic carbocycles. The molecule has 0 spiro atoms. The lowest BCUT2D eigenvalue weighted by Crippen LogP contribution is -2.50. The van der Waals surface area contributed by atoms with Gasteiger partial charge in [0.1, 0.15) is 34.7 Å². The molecule has 1 amide bonds. The molecule has 2 aromatic heterocycles. The molecule has 3 aromatic rings. The molecule has 1 aromatic carbocycles. The molecule has 0 atom stereocenters. The standard InChI is InChI=1S/C26H28BrF2N5O5S/c1-26(2,3)39-25(36)34-9-7-33(8-10-34)16-5-6-20(30-13-16)31-23-21(24(35)37-4)22(32-40-23)38-14-17-18(28)11-15(27)12-19(17)29/h5-6,11-13H,7-10,14H2,1-4H3,(H,30,31). The monoisotopic (exact) mass is 639 g/mol. The predicted molar refractivity (Wildman–Crippen MR) is 149 cm³/mol. The molecule has 1 N–H and O–H groups in total. The summed E-state index contributed by atoms with van der Waals surface area (Å²) in [5.74, 6) is -2.02. The van der Waals surface area contributed by atoms with E-state index < -0.39 is 29.8 Å². The van der Waals surface area contributed by atoms with Crippen molar-refractivity contribution < 1.29 is 32.6 Å². The summed E-state index contributed by atoms with van der Waals surface area (Å²) in [6.07, 6.45) is 1.35. The number of benzene rings is 1. The molecular weight excluding hydrogens is 612 g/mol. The van der Waals surface area contributed by atoms with Crippen LogP contribution in [0, 0.1) is 11.6 Å². The van der Waals surface area contributed by atoms with Crippen molar-refractivity contribution in [1.29, 1.82) is 0 Å². The number of pyridine rings is 1. The lowest BCUT2D eigenvalue weighted by molar-refractivity contribution is 0.0240. The molecule has 0 radical (unpaired) electrons. The fourth-order valence-electron chi connectivity index (χ4n) is 3.83. The van der Waals surface area contributed by atoms with E-state index >= 15 is 0 Å². The fourth-order valence-corrected chi connectivity index (χ4v) is 4.96. The molecule has 1 saturated heterocycles. The topological polar surface area (TPSA) is 106 Å². The summed E-state index contributed by atoms with van der Waals surface area (Å²) in [6.45, 7) is 7.32. The highest BCUT2D eigenvalue weighted by molar-refractivity contribution is 9.10. The Hall–Kier alpha value is -3.52. The number of hydrogen-bond donors (Lipinski definition) is 1. The van der Waals surface area contributed by atoms with E-state index in [2.05, 4.69) is 35.5 Å². The van der Waals surface area contributed by atoms with E-state index in [0.29, 0.717) is 37.0 Å². The molecule has 40 heavy (non-hydrogen) atoms. The van der Waals surface area contributed by atoms with Crippen LogP contribution in [-0.4, -0.2) is 65.2 Å². The van der Waals surface area contributed by atoms with E-state index in [1.165, 1.54) is 7.11 Å². The second-order valence-corrected chi connectivity index (χ2v) is 11.5. The summed E-state index contributed by atoms with van der Waals surface area (Å²) in [5, 5.41) is 3.33. The van der Waals surface area contributed by atoms with Crippen molar-refractivity contribution in [2.24, 2.45) is 0 Å². The number of carbonyl (C=O) groups excluding carboxylic acids is 2. The number of nitrogens with one attached hydrogen (secondary N) is 1. The Morgan fingerprint density at radius 1 is 1.12 bits per heavy atom. The quantitative estimate of drug-likeness (QED) is 0.324. The van der Waals surface area contributed by atoms with Gasteiger partial charge in [0.25, 0.3) is 0 Å². The molecule has 1 aliphatic heterocycles. The Bertz CT molecular complexity index is 1350. The van der Waals surface area contributed by atoms with Crippen LogP contribution in [0.4, 0.5) is 30.1 Å². The van der Waals surface area contributed by atoms with Crippen LogP contribution in [0.25, 0.3) is 0 Å². The number of hydrogen-bond acceptors (Lipinski definition) is 10. The minimum Gasteiger partial charge on any atom is -0.471 e. The van der Waals surface area contributed by atoms with Gasteiger partial charge in [-0.3, -0.25) is 0 Å². The fraction of sp³-hybridized carbons (Fsp3) is 0.385. The Balaban J connectivity index is 1.41. The van der Waals surface area contributed by atoms with Crippen molar-refractivity contribution in [3.8, 4) is 5.88 Å². The van der Waals surface area contributed by atoms with Crippen LogP contribution in [0.15, 0.2) is 34.9 Å². The van der Waals surface area contributed by atoms with Gasteiger partial charge in [-0.1, -0.05) is 15.9 Å². The first kappa shape index (κ1) is 29.5. The van der Waals surface area contributed by atoms with Gasteiger partial charge in [0, 0.05) is 30.7 Å². The zero-order valence-electron chi connectivity index (χ0n) is 22.3. The SMILES string of the molecule is COC(=O)c1c(OCc2c(F)cc(Br)cc2F)nsc1Nc1ccc(N2CCN(C(=O)OC(C)(C)C)CC2)cn1. The van der Waals surface area contributed by atoms with Crippen molar-refractivity contribution in [2.75, 3.05) is 43.5 Å². The lowest BCUT2D eigenvalue weighted by Gasteiger charge is -2.36. The van der Waals surface area contributed by atoms with Gasteiger partial charge in [-0.25, -0.2) is 23.4 Å². The van der Waals surface area contributed by atoms with E-state index in [1.54, 1.807) is 17.2 Å². The number of amides is 1. The molecular formula is C26H28BrF2N5O5S. The van der Waals surface area contributed by atoms with Gasteiger partial charge in [0.2, 0.25) is 5.88 Å². The van der Waals surface area contributed by atoms with Gasteiger partial charge < -0.3 is 29.3 Å². The number of piperazine rings is 1. The Labute approximate surface area is 242 Å². The van der Waals surface area contributed by atoms with Crippen LogP contribution < -0.4 is 15.0 Å². The van der Waals surface area contributed by atoms with Crippen LogP contribution in [0.1, 0.15) is 36.7 Å². The van der Waals surface area contributed by atoms with Gasteiger partial charge >= 0.3 is 12.1 Å². The minimum absolute atomic E-state index is 0.0189. The average molecular weight is 641 g/mol. The Kier molecular flexibility index (Phi) is 9.08. The third kappa shape index (κ3) is 7.16. The molecule has 10 nitrogen and oxygen atoms in total. The number of halogens is 3. The molecule has 214 valence electrons. The third-order valence-electron chi connectivity index (χ3n) is 5.80. The molecule has 1 aliphatic rings. The highest BCUT2D eigenvalue weighted by Crippen LogP contribution is 2.34. The molecule has 0 saturated carbocycles. The second-order valence-electron chi connectivity index (χ2n) is 9.80. The van der Waals surface area contributed by atoms with Crippen LogP contribution in [0.2, 0.25) is 0 Å². The van der Waals surface area contributed by atoms with E-state index in [9.17, 15) is 18.4 Å².